The average molecular weight is 382 g/mol. The number of morpholine rings is 1. The molecule has 148 valence electrons. The van der Waals surface area contributed by atoms with Gasteiger partial charge < -0.3 is 14.5 Å². The lowest BCUT2D eigenvalue weighted by Crippen LogP contribution is -2.40. The summed E-state index contributed by atoms with van der Waals surface area (Å²) in [5.74, 6) is 2.60. The van der Waals surface area contributed by atoms with Crippen molar-refractivity contribution in [3.05, 3.63) is 41.4 Å². The summed E-state index contributed by atoms with van der Waals surface area (Å²) in [6, 6.07) is 2.09. The maximum absolute atomic E-state index is 12.9. The highest BCUT2D eigenvalue weighted by molar-refractivity contribution is 5.93. The van der Waals surface area contributed by atoms with Gasteiger partial charge in [-0.1, -0.05) is 0 Å². The molecule has 0 aromatic carbocycles. The first-order valence-corrected chi connectivity index (χ1v) is 9.86. The lowest BCUT2D eigenvalue weighted by Gasteiger charge is -2.33. The summed E-state index contributed by atoms with van der Waals surface area (Å²) in [6.45, 7) is 8.30. The van der Waals surface area contributed by atoms with E-state index in [-0.39, 0.29) is 11.8 Å². The molecule has 2 aliphatic rings. The number of piperidine rings is 1. The molecule has 0 saturated carbocycles. The molecule has 0 bridgehead atoms. The highest BCUT2D eigenvalue weighted by Gasteiger charge is 2.27. The highest BCUT2D eigenvalue weighted by atomic mass is 16.5. The van der Waals surface area contributed by atoms with E-state index < -0.39 is 0 Å². The number of anilines is 1. The van der Waals surface area contributed by atoms with Crippen molar-refractivity contribution in [2.75, 3.05) is 44.3 Å². The third-order valence-corrected chi connectivity index (χ3v) is 5.33. The molecule has 0 unspecified atom stereocenters. The molecule has 0 radical (unpaired) electrons. The van der Waals surface area contributed by atoms with Crippen molar-refractivity contribution in [3.63, 3.8) is 0 Å². The minimum absolute atomic E-state index is 0.0103. The molecular weight excluding hydrogens is 356 g/mol. The summed E-state index contributed by atoms with van der Waals surface area (Å²) < 4.78 is 5.45. The number of carbonyl (C=O) groups is 1. The number of rotatable bonds is 3. The highest BCUT2D eigenvalue weighted by Crippen LogP contribution is 2.28. The predicted molar refractivity (Wildman–Crippen MR) is 104 cm³/mol. The Morgan fingerprint density at radius 2 is 1.82 bits per heavy atom. The van der Waals surface area contributed by atoms with Gasteiger partial charge in [0.2, 0.25) is 0 Å². The Morgan fingerprint density at radius 3 is 2.57 bits per heavy atom. The second-order valence-electron chi connectivity index (χ2n) is 7.41. The van der Waals surface area contributed by atoms with Gasteiger partial charge in [0.15, 0.2) is 0 Å². The lowest BCUT2D eigenvalue weighted by molar-refractivity contribution is 0.0705. The number of ether oxygens (including phenoxy) is 1. The Balaban J connectivity index is 1.51. The van der Waals surface area contributed by atoms with Crippen LogP contribution in [0, 0.1) is 13.8 Å². The molecule has 2 fully saturated rings. The maximum atomic E-state index is 12.9. The Kier molecular flexibility index (Phi) is 5.47. The molecular formula is C20H26N6O2. The van der Waals surface area contributed by atoms with Crippen molar-refractivity contribution < 1.29 is 9.53 Å². The van der Waals surface area contributed by atoms with E-state index in [1.54, 1.807) is 12.4 Å². The second-order valence-corrected chi connectivity index (χ2v) is 7.41. The van der Waals surface area contributed by atoms with Gasteiger partial charge in [0.1, 0.15) is 17.5 Å². The third kappa shape index (κ3) is 4.11. The van der Waals surface area contributed by atoms with E-state index in [1.807, 2.05) is 18.7 Å². The van der Waals surface area contributed by atoms with E-state index in [2.05, 4.69) is 25.9 Å². The van der Waals surface area contributed by atoms with E-state index in [0.717, 1.165) is 63.0 Å². The van der Waals surface area contributed by atoms with Crippen LogP contribution in [0.5, 0.6) is 0 Å². The number of hydrogen-bond acceptors (Lipinski definition) is 7. The first-order valence-electron chi connectivity index (χ1n) is 9.86. The van der Waals surface area contributed by atoms with Gasteiger partial charge in [-0.3, -0.25) is 4.79 Å². The van der Waals surface area contributed by atoms with Gasteiger partial charge in [-0.2, -0.15) is 0 Å². The van der Waals surface area contributed by atoms with Gasteiger partial charge in [-0.25, -0.2) is 19.9 Å². The number of carbonyl (C=O) groups excluding carboxylic acids is 1. The number of nitrogens with zero attached hydrogens (tertiary/aromatic N) is 6. The van der Waals surface area contributed by atoms with Crippen LogP contribution in [0.2, 0.25) is 0 Å². The first kappa shape index (κ1) is 18.7. The number of aryl methyl sites for hydroxylation is 2. The van der Waals surface area contributed by atoms with Crippen LogP contribution in [-0.4, -0.2) is 70.1 Å². The average Bonchev–Trinajstić information content (AvgIpc) is 2.74. The smallest absolute Gasteiger partial charge is 0.257 e. The van der Waals surface area contributed by atoms with E-state index in [0.29, 0.717) is 17.9 Å². The number of amides is 1. The molecule has 4 heterocycles. The van der Waals surface area contributed by atoms with Crippen molar-refractivity contribution in [1.82, 2.24) is 24.8 Å². The van der Waals surface area contributed by atoms with Crippen LogP contribution in [0.3, 0.4) is 0 Å². The molecule has 4 rings (SSSR count). The number of aromatic nitrogens is 4. The quantitative estimate of drug-likeness (QED) is 0.799. The molecule has 8 nitrogen and oxygen atoms in total. The van der Waals surface area contributed by atoms with E-state index in [4.69, 9.17) is 9.72 Å². The summed E-state index contributed by atoms with van der Waals surface area (Å²) in [6.07, 6.45) is 5.20. The van der Waals surface area contributed by atoms with Crippen molar-refractivity contribution in [1.29, 1.82) is 0 Å². The number of hydrogen-bond donors (Lipinski definition) is 0. The Labute approximate surface area is 165 Å². The SMILES string of the molecule is Cc1ncc(C(=O)N2CCC[C@H](c3cc(N4CCOCC4)nc(C)n3)C2)cn1. The summed E-state index contributed by atoms with van der Waals surface area (Å²) in [4.78, 5) is 34.6. The van der Waals surface area contributed by atoms with Crippen molar-refractivity contribution >= 4 is 11.7 Å². The lowest BCUT2D eigenvalue weighted by atomic mass is 9.94. The summed E-state index contributed by atoms with van der Waals surface area (Å²) in [5, 5.41) is 0. The Morgan fingerprint density at radius 1 is 1.07 bits per heavy atom. The van der Waals surface area contributed by atoms with Crippen LogP contribution < -0.4 is 4.90 Å². The fraction of sp³-hybridized carbons (Fsp3) is 0.550. The second kappa shape index (κ2) is 8.18. The Bertz CT molecular complexity index is 835. The fourth-order valence-electron chi connectivity index (χ4n) is 3.83. The zero-order valence-corrected chi connectivity index (χ0v) is 16.5. The number of likely N-dealkylation sites (tertiary alicyclic amines) is 1. The van der Waals surface area contributed by atoms with Gasteiger partial charge in [-0.15, -0.1) is 0 Å². The van der Waals surface area contributed by atoms with Gasteiger partial charge in [0.05, 0.1) is 24.5 Å². The standard InChI is InChI=1S/C20H26N6O2/c1-14-21-11-17(12-22-14)20(27)26-5-3-4-16(13-26)18-10-19(24-15(2)23-18)25-6-8-28-9-7-25/h10-12,16H,3-9,13H2,1-2H3/t16-/m0/s1. The molecule has 8 heteroatoms. The molecule has 2 aromatic rings. The molecule has 0 spiro atoms. The largest absolute Gasteiger partial charge is 0.378 e. The molecule has 28 heavy (non-hydrogen) atoms. The van der Waals surface area contributed by atoms with E-state index in [1.165, 1.54) is 0 Å². The molecule has 0 aliphatic carbocycles. The topological polar surface area (TPSA) is 84.3 Å². The summed E-state index contributed by atoms with van der Waals surface area (Å²) in [7, 11) is 0. The van der Waals surface area contributed by atoms with Gasteiger partial charge in [-0.05, 0) is 26.7 Å². The molecule has 2 saturated heterocycles. The van der Waals surface area contributed by atoms with Gasteiger partial charge in [0.25, 0.3) is 5.91 Å². The van der Waals surface area contributed by atoms with Crippen LogP contribution in [0.4, 0.5) is 5.82 Å². The Hall–Kier alpha value is -2.61. The molecule has 2 aliphatic heterocycles. The zero-order chi connectivity index (χ0) is 19.5. The zero-order valence-electron chi connectivity index (χ0n) is 16.5. The van der Waals surface area contributed by atoms with Crippen molar-refractivity contribution in [2.24, 2.45) is 0 Å². The fourth-order valence-corrected chi connectivity index (χ4v) is 3.83. The maximum Gasteiger partial charge on any atom is 0.257 e. The summed E-state index contributed by atoms with van der Waals surface area (Å²) >= 11 is 0. The molecule has 0 N–H and O–H groups in total. The van der Waals surface area contributed by atoms with Crippen LogP contribution in [0.1, 0.15) is 46.5 Å². The molecule has 1 atom stereocenters. The van der Waals surface area contributed by atoms with Crippen LogP contribution in [0.15, 0.2) is 18.5 Å². The molecule has 2 aromatic heterocycles. The van der Waals surface area contributed by atoms with Crippen molar-refractivity contribution in [3.8, 4) is 0 Å². The predicted octanol–water partition coefficient (Wildman–Crippen LogP) is 1.74. The van der Waals surface area contributed by atoms with Gasteiger partial charge in [0, 0.05) is 50.6 Å². The van der Waals surface area contributed by atoms with Crippen LogP contribution in [0.25, 0.3) is 0 Å². The van der Waals surface area contributed by atoms with E-state index >= 15 is 0 Å². The third-order valence-electron chi connectivity index (χ3n) is 5.33. The van der Waals surface area contributed by atoms with Crippen molar-refractivity contribution in [2.45, 2.75) is 32.6 Å². The monoisotopic (exact) mass is 382 g/mol. The first-order chi connectivity index (χ1) is 13.6. The van der Waals surface area contributed by atoms with Crippen LogP contribution >= 0.6 is 0 Å². The minimum atomic E-state index is -0.0103. The van der Waals surface area contributed by atoms with E-state index in [9.17, 15) is 4.79 Å². The van der Waals surface area contributed by atoms with Gasteiger partial charge >= 0.3 is 0 Å². The van der Waals surface area contributed by atoms with Crippen LogP contribution in [-0.2, 0) is 4.74 Å². The molecule has 1 amide bonds. The minimum Gasteiger partial charge on any atom is -0.378 e. The normalized spacial score (nSPS) is 20.3. The summed E-state index contributed by atoms with van der Waals surface area (Å²) in [5.41, 5.74) is 1.56.